The smallest absolute Gasteiger partial charge is 0.180 e. The summed E-state index contributed by atoms with van der Waals surface area (Å²) in [5, 5.41) is 0. The summed E-state index contributed by atoms with van der Waals surface area (Å²) in [4.78, 5) is 104. The van der Waals surface area contributed by atoms with Crippen LogP contribution in [-0.2, 0) is 0 Å². The molecule has 528 valence electrons. The first-order chi connectivity index (χ1) is 44.0. The van der Waals surface area contributed by atoms with Crippen LogP contribution >= 0.6 is 0 Å². The van der Waals surface area contributed by atoms with Crippen molar-refractivity contribution in [1.29, 1.82) is 0 Å². The van der Waals surface area contributed by atoms with Crippen LogP contribution in [0.1, 0.15) is 131 Å². The summed E-state index contributed by atoms with van der Waals surface area (Å²) in [5.74, 6) is 7.38. The lowest BCUT2D eigenvalue weighted by Gasteiger charge is -1.96. The molecule has 2 aromatic carbocycles. The summed E-state index contributed by atoms with van der Waals surface area (Å²) in [5.41, 5.74) is 24.1. The van der Waals surface area contributed by atoms with Gasteiger partial charge in [-0.05, 0) is 159 Å². The van der Waals surface area contributed by atoms with Gasteiger partial charge in [0.05, 0.1) is 66.2 Å². The van der Waals surface area contributed by atoms with E-state index >= 15 is 0 Å². The molecule has 0 unspecified atom stereocenters. The molecule has 0 fully saturated rings. The Bertz CT molecular complexity index is 5130. The highest BCUT2D eigenvalue weighted by Gasteiger charge is 2.15. The number of rotatable bonds is 4. The summed E-state index contributed by atoms with van der Waals surface area (Å²) < 4.78 is 0. The molecule has 0 aliphatic carbocycles. The number of hydrogen-bond acceptors (Lipinski definition) is 17. The Morgan fingerprint density at radius 1 is 0.248 bits per heavy atom. The van der Waals surface area contributed by atoms with Gasteiger partial charge >= 0.3 is 0 Å². The molecule has 18 aromatic rings. The van der Waals surface area contributed by atoms with Crippen LogP contribution in [-0.4, -0.2) is 130 Å². The molecular weight excluding hydrogens is 1270 g/mol. The molecule has 0 aliphatic heterocycles. The third-order valence-corrected chi connectivity index (χ3v) is 14.6. The number of hydrogen-bond donors (Lipinski definition) is 9. The normalized spacial score (nSPS) is 10.3. The summed E-state index contributed by atoms with van der Waals surface area (Å²) in [6.07, 6.45) is 6.98. The van der Waals surface area contributed by atoms with Gasteiger partial charge in [0, 0.05) is 35.5 Å². The fraction of sp³-hybridized carbons (Fsp3) is 0.267. The number of aromatic amines is 9. The van der Waals surface area contributed by atoms with Gasteiger partial charge in [0.2, 0.25) is 0 Å². The van der Waals surface area contributed by atoms with Crippen molar-refractivity contribution >= 4 is 100 Å². The Kier molecular flexibility index (Phi) is 26.7. The molecule has 0 atom stereocenters. The van der Waals surface area contributed by atoms with Gasteiger partial charge in [-0.1, -0.05) is 92.5 Å². The second kappa shape index (κ2) is 33.3. The van der Waals surface area contributed by atoms with Crippen molar-refractivity contribution in [2.75, 3.05) is 0 Å². The molecule has 0 spiro atoms. The largest absolute Gasteiger partial charge is 0.342 e. The minimum absolute atomic E-state index is 0. The maximum atomic E-state index is 4.58. The van der Waals surface area contributed by atoms with E-state index in [9.17, 15) is 0 Å². The minimum Gasteiger partial charge on any atom is -0.342 e. The van der Waals surface area contributed by atoms with Gasteiger partial charge in [-0.3, -0.25) is 9.97 Å². The first-order valence-electron chi connectivity index (χ1n) is 29.1. The van der Waals surface area contributed by atoms with Gasteiger partial charge in [-0.15, -0.1) is 0 Å². The Balaban J connectivity index is 0.000000264. The zero-order valence-electron chi connectivity index (χ0n) is 51.1. The molecule has 0 radical (unpaired) electrons. The molecule has 9 N–H and O–H groups in total. The van der Waals surface area contributed by atoms with Crippen molar-refractivity contribution in [2.45, 2.75) is 144 Å². The fourth-order valence-corrected chi connectivity index (χ4v) is 10.4. The molecule has 26 heteroatoms. The van der Waals surface area contributed by atoms with E-state index in [1.54, 1.807) is 12.5 Å². The van der Waals surface area contributed by atoms with Crippen molar-refractivity contribution in [3.63, 3.8) is 0 Å². The Morgan fingerprint density at radius 2 is 0.683 bits per heavy atom. The van der Waals surface area contributed by atoms with Gasteiger partial charge in [-0.2, -0.15) is 0 Å². The molecule has 16 aromatic heterocycles. The van der Waals surface area contributed by atoms with Gasteiger partial charge in [-0.25, -0.2) is 74.8 Å². The number of fused-ring (bicyclic) bond motifs is 9. The molecule has 0 aliphatic rings. The highest BCUT2D eigenvalue weighted by Crippen LogP contribution is 2.27. The molecular formula is C75H98N26. The predicted molar refractivity (Wildman–Crippen MR) is 418 cm³/mol. The Hall–Kier alpha value is -12.4. The molecule has 101 heavy (non-hydrogen) atoms. The first kappa shape index (κ1) is 81.1. The first-order valence-corrected chi connectivity index (χ1v) is 29.1. The highest BCUT2D eigenvalue weighted by atomic mass is 15.1. The molecule has 0 amide bonds. The lowest BCUT2D eigenvalue weighted by Crippen LogP contribution is -1.89. The van der Waals surface area contributed by atoms with Gasteiger partial charge in [0.1, 0.15) is 58.4 Å². The van der Waals surface area contributed by atoms with Crippen LogP contribution in [0.25, 0.3) is 146 Å². The number of nitrogens with one attached hydrogen (secondary N) is 9. The van der Waals surface area contributed by atoms with Crippen LogP contribution in [0.3, 0.4) is 0 Å². The highest BCUT2D eigenvalue weighted by molar-refractivity contribution is 5.93. The Labute approximate surface area is 589 Å². The van der Waals surface area contributed by atoms with E-state index < -0.39 is 0 Å². The van der Waals surface area contributed by atoms with Gasteiger partial charge in [0.15, 0.2) is 51.4 Å². The lowest BCUT2D eigenvalue weighted by atomic mass is 10.2. The maximum absolute atomic E-state index is 4.58. The SMILES string of the molecule is C.C.C.C.C.C.C.C.C.C.Cc1cc(-c2nc3cc4nc(C)[nH]c4cc3[nH]2)ncn1.Cc1ccc(-c2nc3nc4nc(C)[nH]c4cc3[nH]2)nc1.Cc1ccc2nc(C)[nH]c2c1.Cc1cccc(-c2nc3nc4nc(C)[nH]c4cc3[nH]2)n1.Cc1cncc(-c2nc3nc4nc(C)[nH]c4cc3[nH]2)c1. The van der Waals surface area contributed by atoms with E-state index in [-0.39, 0.29) is 74.3 Å². The third kappa shape index (κ3) is 17.3. The number of benzene rings is 2. The lowest BCUT2D eigenvalue weighted by molar-refractivity contribution is 1.09. The Morgan fingerprint density at radius 3 is 1.22 bits per heavy atom. The molecule has 18 rings (SSSR count). The second-order valence-corrected chi connectivity index (χ2v) is 22.2. The van der Waals surface area contributed by atoms with Crippen LogP contribution in [0, 0.1) is 69.2 Å². The fourth-order valence-electron chi connectivity index (χ4n) is 10.4. The number of H-pyrrole nitrogens is 9. The summed E-state index contributed by atoms with van der Waals surface area (Å²) in [6.45, 7) is 19.6. The van der Waals surface area contributed by atoms with Gasteiger partial charge in [0.25, 0.3) is 0 Å². The summed E-state index contributed by atoms with van der Waals surface area (Å²) in [6, 6.07) is 29.9. The molecule has 26 nitrogen and oxygen atoms in total. The van der Waals surface area contributed by atoms with E-state index in [1.807, 2.05) is 154 Å². The number of imidazole rings is 9. The molecule has 0 saturated heterocycles. The topological polar surface area (TPSA) is 361 Å². The van der Waals surface area contributed by atoms with Crippen molar-refractivity contribution in [3.8, 4) is 45.9 Å². The number of aromatic nitrogens is 26. The van der Waals surface area contributed by atoms with Crippen LogP contribution in [0.5, 0.6) is 0 Å². The number of pyridine rings is 6. The van der Waals surface area contributed by atoms with Crippen LogP contribution in [0.4, 0.5) is 0 Å². The predicted octanol–water partition coefficient (Wildman–Crippen LogP) is 18.6. The van der Waals surface area contributed by atoms with Crippen molar-refractivity contribution in [3.05, 3.63) is 173 Å². The molecule has 0 saturated carbocycles. The quantitative estimate of drug-likeness (QED) is 0.0790. The maximum Gasteiger partial charge on any atom is 0.180 e. The second-order valence-electron chi connectivity index (χ2n) is 22.2. The van der Waals surface area contributed by atoms with Gasteiger partial charge < -0.3 is 44.9 Å². The van der Waals surface area contributed by atoms with E-state index in [0.29, 0.717) is 33.9 Å². The average molecular weight is 1360 g/mol. The van der Waals surface area contributed by atoms with Crippen LogP contribution in [0.15, 0.2) is 116 Å². The van der Waals surface area contributed by atoms with Crippen molar-refractivity contribution in [1.82, 2.24) is 130 Å². The number of nitrogens with zero attached hydrogens (tertiary/aromatic N) is 17. The van der Waals surface area contributed by atoms with E-state index in [0.717, 1.165) is 164 Å². The third-order valence-electron chi connectivity index (χ3n) is 14.6. The van der Waals surface area contributed by atoms with E-state index in [2.05, 4.69) is 149 Å². The monoisotopic (exact) mass is 1360 g/mol. The number of aryl methyl sites for hydroxylation is 10. The zero-order valence-corrected chi connectivity index (χ0v) is 51.1. The summed E-state index contributed by atoms with van der Waals surface area (Å²) in [7, 11) is 0. The molecule has 0 bridgehead atoms. The molecule has 16 heterocycles. The van der Waals surface area contributed by atoms with Crippen molar-refractivity contribution in [2.24, 2.45) is 0 Å². The average Bonchev–Trinajstić information content (AvgIpc) is 1.66. The minimum atomic E-state index is 0. The summed E-state index contributed by atoms with van der Waals surface area (Å²) >= 11 is 0. The standard InChI is InChI=1S/4C14H12N6.C9H10N2.10CH4/c1-7-3-13(16-6-15-7)14-19-11-4-9-10(5-12(11)20-14)18-8(2)17-9;1-7-3-9(6-15-5-7)12-18-11-4-10-13(17-8(2)16-10)20-14(11)19-12;1-7-3-4-9(15-6-7)12-18-11-5-10-13(17-8(2)16-10)20-14(11)19-12;1-7-4-3-5-9(15-7)12-18-11-6-10-13(17-8(2)16-10)20-14(11)19-12;1-6-3-4-8-9(5-6)11-7(2)10-8;;;;;;;;;;/h3-6H,1-2H3,(H,17,18)(H,19,20);3*3-6H,1-2H3,(H2,16,17,18,19,20);3-5H,1-2H3,(H,10,11);10*1H4. The van der Waals surface area contributed by atoms with E-state index in [1.165, 1.54) is 5.56 Å². The van der Waals surface area contributed by atoms with Crippen molar-refractivity contribution < 1.29 is 0 Å². The van der Waals surface area contributed by atoms with Crippen LogP contribution in [0.2, 0.25) is 0 Å². The van der Waals surface area contributed by atoms with Crippen LogP contribution < -0.4 is 0 Å². The zero-order chi connectivity index (χ0) is 62.6. The van der Waals surface area contributed by atoms with E-state index in [4.69, 9.17) is 0 Å².